The van der Waals surface area contributed by atoms with Gasteiger partial charge in [0.05, 0.1) is 23.5 Å². The van der Waals surface area contributed by atoms with E-state index >= 15 is 0 Å². The maximum Gasteiger partial charge on any atom is 0.282 e. The second-order valence-corrected chi connectivity index (χ2v) is 7.53. The predicted octanol–water partition coefficient (Wildman–Crippen LogP) is 3.39. The predicted molar refractivity (Wildman–Crippen MR) is 109 cm³/mol. The Balaban J connectivity index is 1.82. The van der Waals surface area contributed by atoms with Crippen molar-refractivity contribution in [1.29, 1.82) is 0 Å². The number of ether oxygens (including phenoxy) is 1. The van der Waals surface area contributed by atoms with Crippen molar-refractivity contribution in [2.24, 2.45) is 0 Å². The summed E-state index contributed by atoms with van der Waals surface area (Å²) in [5.74, 6) is -0.546. The van der Waals surface area contributed by atoms with Crippen molar-refractivity contribution in [3.63, 3.8) is 0 Å². The molecular formula is C23H24N2O3. The second-order valence-electron chi connectivity index (χ2n) is 7.53. The van der Waals surface area contributed by atoms with E-state index in [-0.39, 0.29) is 24.0 Å². The molecule has 0 radical (unpaired) electrons. The molecule has 0 spiro atoms. The van der Waals surface area contributed by atoms with Gasteiger partial charge < -0.3 is 9.64 Å². The summed E-state index contributed by atoms with van der Waals surface area (Å²) in [5.41, 5.74) is 3.37. The molecule has 2 aliphatic heterocycles. The first kappa shape index (κ1) is 18.4. The number of benzene rings is 2. The molecule has 0 aliphatic carbocycles. The van der Waals surface area contributed by atoms with Crippen LogP contribution in [0.4, 0.5) is 5.69 Å². The summed E-state index contributed by atoms with van der Waals surface area (Å²) in [4.78, 5) is 30.2. The van der Waals surface area contributed by atoms with Crippen LogP contribution < -0.4 is 4.90 Å². The fourth-order valence-corrected chi connectivity index (χ4v) is 3.97. The van der Waals surface area contributed by atoms with Gasteiger partial charge in [-0.05, 0) is 38.5 Å². The van der Waals surface area contributed by atoms with E-state index in [1.807, 2.05) is 80.3 Å². The molecule has 0 bridgehead atoms. The van der Waals surface area contributed by atoms with Crippen molar-refractivity contribution in [2.75, 3.05) is 18.0 Å². The Kier molecular flexibility index (Phi) is 4.77. The largest absolute Gasteiger partial charge is 0.372 e. The molecule has 144 valence electrons. The molecule has 4 rings (SSSR count). The lowest BCUT2D eigenvalue weighted by atomic mass is 10.0. The van der Waals surface area contributed by atoms with Crippen LogP contribution in [-0.2, 0) is 14.3 Å². The molecule has 0 N–H and O–H groups in total. The Labute approximate surface area is 165 Å². The lowest BCUT2D eigenvalue weighted by Crippen LogP contribution is -2.47. The van der Waals surface area contributed by atoms with Crippen LogP contribution in [0.1, 0.15) is 25.0 Å². The van der Waals surface area contributed by atoms with E-state index in [2.05, 4.69) is 0 Å². The van der Waals surface area contributed by atoms with Gasteiger partial charge in [-0.25, -0.2) is 4.90 Å². The van der Waals surface area contributed by atoms with Crippen molar-refractivity contribution in [3.05, 3.63) is 71.4 Å². The van der Waals surface area contributed by atoms with Crippen LogP contribution in [-0.4, -0.2) is 42.0 Å². The molecule has 0 aromatic heterocycles. The Morgan fingerprint density at radius 1 is 0.857 bits per heavy atom. The number of carbonyl (C=O) groups is 2. The number of imide groups is 1. The van der Waals surface area contributed by atoms with E-state index in [9.17, 15) is 9.59 Å². The fraction of sp³-hybridized carbons (Fsp3) is 0.304. The third-order valence-corrected chi connectivity index (χ3v) is 5.15. The monoisotopic (exact) mass is 376 g/mol. The molecule has 2 unspecified atom stereocenters. The molecule has 5 nitrogen and oxygen atoms in total. The van der Waals surface area contributed by atoms with Crippen molar-refractivity contribution in [2.45, 2.75) is 33.0 Å². The maximum atomic E-state index is 13.5. The zero-order valence-corrected chi connectivity index (χ0v) is 16.4. The Morgan fingerprint density at radius 2 is 1.46 bits per heavy atom. The third kappa shape index (κ3) is 3.22. The highest BCUT2D eigenvalue weighted by atomic mass is 16.5. The number of anilines is 1. The summed E-state index contributed by atoms with van der Waals surface area (Å²) in [6.07, 6.45) is -0.0193. The number of hydrogen-bond acceptors (Lipinski definition) is 4. The summed E-state index contributed by atoms with van der Waals surface area (Å²) in [7, 11) is 0. The zero-order valence-electron chi connectivity index (χ0n) is 16.4. The SMILES string of the molecule is Cc1ccc(N2C(=O)C(c3ccccc3)=C(N3CC(C)OC(C)C3)C2=O)cc1. The van der Waals surface area contributed by atoms with Crippen LogP contribution in [0.2, 0.25) is 0 Å². The normalized spacial score (nSPS) is 23.0. The molecule has 2 amide bonds. The van der Waals surface area contributed by atoms with Crippen molar-refractivity contribution < 1.29 is 14.3 Å². The van der Waals surface area contributed by atoms with E-state index < -0.39 is 0 Å². The summed E-state index contributed by atoms with van der Waals surface area (Å²) in [5, 5.41) is 0. The summed E-state index contributed by atoms with van der Waals surface area (Å²) >= 11 is 0. The molecule has 2 aromatic carbocycles. The quantitative estimate of drug-likeness (QED) is 0.771. The van der Waals surface area contributed by atoms with Gasteiger partial charge in [0.15, 0.2) is 0 Å². The Morgan fingerprint density at radius 3 is 2.07 bits per heavy atom. The van der Waals surface area contributed by atoms with Gasteiger partial charge in [0, 0.05) is 13.1 Å². The molecule has 2 atom stereocenters. The Bertz CT molecular complexity index is 924. The van der Waals surface area contributed by atoms with Crippen molar-refractivity contribution in [1.82, 2.24) is 4.90 Å². The minimum atomic E-state index is -0.276. The number of hydrogen-bond donors (Lipinski definition) is 0. The highest BCUT2D eigenvalue weighted by Crippen LogP contribution is 2.35. The van der Waals surface area contributed by atoms with Gasteiger partial charge in [-0.2, -0.15) is 0 Å². The number of rotatable bonds is 3. The molecular weight excluding hydrogens is 352 g/mol. The number of amides is 2. The molecule has 2 heterocycles. The summed E-state index contributed by atoms with van der Waals surface area (Å²) in [6.45, 7) is 7.12. The van der Waals surface area contributed by atoms with Crippen LogP contribution >= 0.6 is 0 Å². The van der Waals surface area contributed by atoms with Gasteiger partial charge >= 0.3 is 0 Å². The van der Waals surface area contributed by atoms with Crippen LogP contribution in [0, 0.1) is 6.92 Å². The van der Waals surface area contributed by atoms with E-state index in [1.165, 1.54) is 4.90 Å². The highest BCUT2D eigenvalue weighted by molar-refractivity contribution is 6.45. The number of morpholine rings is 1. The third-order valence-electron chi connectivity index (χ3n) is 5.15. The molecule has 1 saturated heterocycles. The molecule has 1 fully saturated rings. The zero-order chi connectivity index (χ0) is 19.8. The maximum absolute atomic E-state index is 13.5. The van der Waals surface area contributed by atoms with E-state index in [4.69, 9.17) is 4.74 Å². The van der Waals surface area contributed by atoms with E-state index in [0.717, 1.165) is 11.1 Å². The first-order chi connectivity index (χ1) is 13.5. The molecule has 2 aromatic rings. The lowest BCUT2D eigenvalue weighted by molar-refractivity contribution is -0.121. The molecule has 0 saturated carbocycles. The van der Waals surface area contributed by atoms with Gasteiger partial charge in [0.1, 0.15) is 5.70 Å². The van der Waals surface area contributed by atoms with Gasteiger partial charge in [-0.15, -0.1) is 0 Å². The van der Waals surface area contributed by atoms with Crippen molar-refractivity contribution in [3.8, 4) is 0 Å². The van der Waals surface area contributed by atoms with Gasteiger partial charge in [0.2, 0.25) is 0 Å². The topological polar surface area (TPSA) is 49.9 Å². The van der Waals surface area contributed by atoms with Gasteiger partial charge in [0.25, 0.3) is 11.8 Å². The first-order valence-corrected chi connectivity index (χ1v) is 9.61. The van der Waals surface area contributed by atoms with Crippen LogP contribution in [0.3, 0.4) is 0 Å². The highest BCUT2D eigenvalue weighted by Gasteiger charge is 2.43. The minimum Gasteiger partial charge on any atom is -0.372 e. The summed E-state index contributed by atoms with van der Waals surface area (Å²) in [6, 6.07) is 16.9. The van der Waals surface area contributed by atoms with Crippen LogP contribution in [0.5, 0.6) is 0 Å². The van der Waals surface area contributed by atoms with Crippen molar-refractivity contribution >= 4 is 23.1 Å². The van der Waals surface area contributed by atoms with Crippen LogP contribution in [0.25, 0.3) is 5.57 Å². The first-order valence-electron chi connectivity index (χ1n) is 9.61. The average molecular weight is 376 g/mol. The Hall–Kier alpha value is -2.92. The number of carbonyl (C=O) groups excluding carboxylic acids is 2. The average Bonchev–Trinajstić information content (AvgIpc) is 2.93. The fourth-order valence-electron chi connectivity index (χ4n) is 3.97. The van der Waals surface area contributed by atoms with Crippen LogP contribution in [0.15, 0.2) is 60.3 Å². The van der Waals surface area contributed by atoms with E-state index in [0.29, 0.717) is 30.0 Å². The van der Waals surface area contributed by atoms with Gasteiger partial charge in [-0.1, -0.05) is 48.0 Å². The molecule has 28 heavy (non-hydrogen) atoms. The summed E-state index contributed by atoms with van der Waals surface area (Å²) < 4.78 is 5.83. The van der Waals surface area contributed by atoms with E-state index in [1.54, 1.807) is 0 Å². The standard InChI is InChI=1S/C23H24N2O3/c1-15-9-11-19(12-10-15)25-22(26)20(18-7-5-4-6-8-18)21(23(25)27)24-13-16(2)28-17(3)14-24/h4-12,16-17H,13-14H2,1-3H3. The van der Waals surface area contributed by atoms with Gasteiger partial charge in [-0.3, -0.25) is 9.59 Å². The molecule has 5 heteroatoms. The number of aryl methyl sites for hydroxylation is 1. The molecule has 2 aliphatic rings. The number of nitrogens with zero attached hydrogens (tertiary/aromatic N) is 2. The smallest absolute Gasteiger partial charge is 0.282 e. The minimum absolute atomic E-state index is 0.00963. The lowest BCUT2D eigenvalue weighted by Gasteiger charge is -2.37. The second kappa shape index (κ2) is 7.24.